The van der Waals surface area contributed by atoms with Crippen LogP contribution >= 0.6 is 0 Å². The number of esters is 1. The van der Waals surface area contributed by atoms with E-state index in [0.717, 1.165) is 51.7 Å². The molecule has 1 saturated heterocycles. The molecular weight excluding hydrogens is 726 g/mol. The van der Waals surface area contributed by atoms with E-state index in [-0.39, 0.29) is 17.0 Å². The van der Waals surface area contributed by atoms with Gasteiger partial charge in [-0.25, -0.2) is 9.18 Å². The quantitative estimate of drug-likeness (QED) is 0.0518. The van der Waals surface area contributed by atoms with Gasteiger partial charge in [-0.1, -0.05) is 181 Å². The van der Waals surface area contributed by atoms with Crippen LogP contribution in [0.15, 0.2) is 17.1 Å². The second-order valence-electron chi connectivity index (χ2n) is 17.8. The highest BCUT2D eigenvalue weighted by molar-refractivity contribution is 5.97. The van der Waals surface area contributed by atoms with Gasteiger partial charge < -0.3 is 18.9 Å². The van der Waals surface area contributed by atoms with Crippen molar-refractivity contribution in [1.29, 1.82) is 0 Å². The normalized spacial score (nSPS) is 14.8. The number of carbonyl (C=O) groups is 1. The molecule has 330 valence electrons. The SMILES string of the molecule is CCCCCCCCCCCCCCCCOC(=O)c1cn(C2CC2)c2c(OC)c(N3CCN(CCCCCCCCCCCCCCCC)CC3)c(F)cc2c1=O. The third kappa shape index (κ3) is 16.8. The first kappa shape index (κ1) is 48.1. The van der Waals surface area contributed by atoms with Crippen molar-refractivity contribution in [1.82, 2.24) is 9.47 Å². The summed E-state index contributed by atoms with van der Waals surface area (Å²) in [5.74, 6) is -0.701. The molecule has 1 saturated carbocycles. The molecule has 7 nitrogen and oxygen atoms in total. The van der Waals surface area contributed by atoms with Crippen molar-refractivity contribution in [3.05, 3.63) is 33.9 Å². The Morgan fingerprint density at radius 1 is 0.655 bits per heavy atom. The zero-order valence-electron chi connectivity index (χ0n) is 37.5. The van der Waals surface area contributed by atoms with Gasteiger partial charge in [0.05, 0.1) is 24.6 Å². The molecule has 4 rings (SSSR count). The van der Waals surface area contributed by atoms with Gasteiger partial charge in [0.1, 0.15) is 11.3 Å². The summed E-state index contributed by atoms with van der Waals surface area (Å²) < 4.78 is 29.7. The fraction of sp³-hybridized carbons (Fsp3) is 0.800. The molecule has 2 heterocycles. The van der Waals surface area contributed by atoms with Crippen LogP contribution in [0.5, 0.6) is 5.75 Å². The lowest BCUT2D eigenvalue weighted by molar-refractivity contribution is 0.0495. The predicted molar refractivity (Wildman–Crippen MR) is 243 cm³/mol. The summed E-state index contributed by atoms with van der Waals surface area (Å²) in [5.41, 5.74) is 0.503. The van der Waals surface area contributed by atoms with Gasteiger partial charge in [0, 0.05) is 38.4 Å². The molecular formula is C50H84FN3O4. The molecule has 0 amide bonds. The van der Waals surface area contributed by atoms with Crippen molar-refractivity contribution < 1.29 is 18.7 Å². The van der Waals surface area contributed by atoms with E-state index in [1.165, 1.54) is 167 Å². The zero-order chi connectivity index (χ0) is 41.2. The first-order chi connectivity index (χ1) is 28.5. The van der Waals surface area contributed by atoms with Crippen molar-refractivity contribution in [2.45, 2.75) is 213 Å². The molecule has 8 heteroatoms. The number of unbranched alkanes of at least 4 members (excludes halogenated alkanes) is 26. The summed E-state index contributed by atoms with van der Waals surface area (Å²) >= 11 is 0. The number of halogens is 1. The Kier molecular flexibility index (Phi) is 23.9. The summed E-state index contributed by atoms with van der Waals surface area (Å²) in [7, 11) is 1.56. The van der Waals surface area contributed by atoms with Crippen molar-refractivity contribution in [2.24, 2.45) is 0 Å². The van der Waals surface area contributed by atoms with Crippen molar-refractivity contribution in [3.8, 4) is 5.75 Å². The first-order valence-corrected chi connectivity index (χ1v) is 24.6. The average Bonchev–Trinajstić information content (AvgIpc) is 4.08. The molecule has 0 spiro atoms. The maximum absolute atomic E-state index is 16.1. The maximum Gasteiger partial charge on any atom is 0.343 e. The zero-order valence-corrected chi connectivity index (χ0v) is 37.5. The second-order valence-corrected chi connectivity index (χ2v) is 17.8. The molecule has 1 aliphatic heterocycles. The Morgan fingerprint density at radius 2 is 1.10 bits per heavy atom. The number of methoxy groups -OCH3 is 1. The van der Waals surface area contributed by atoms with Crippen LogP contribution in [0.4, 0.5) is 10.1 Å². The molecule has 58 heavy (non-hydrogen) atoms. The molecule has 1 aromatic heterocycles. The lowest BCUT2D eigenvalue weighted by atomic mass is 10.0. The molecule has 0 atom stereocenters. The molecule has 1 aromatic carbocycles. The minimum absolute atomic E-state index is 0.0175. The molecule has 2 fully saturated rings. The van der Waals surface area contributed by atoms with Crippen LogP contribution in [-0.4, -0.2) is 61.9 Å². The van der Waals surface area contributed by atoms with Gasteiger partial charge in [0.25, 0.3) is 0 Å². The van der Waals surface area contributed by atoms with Crippen LogP contribution in [0.1, 0.15) is 223 Å². The van der Waals surface area contributed by atoms with E-state index in [1.807, 2.05) is 4.57 Å². The molecule has 0 unspecified atom stereocenters. The highest BCUT2D eigenvalue weighted by Crippen LogP contribution is 2.44. The monoisotopic (exact) mass is 810 g/mol. The molecule has 0 radical (unpaired) electrons. The Labute approximate surface area is 353 Å². The summed E-state index contributed by atoms with van der Waals surface area (Å²) in [4.78, 5) is 31.6. The van der Waals surface area contributed by atoms with Crippen LogP contribution in [0.25, 0.3) is 10.9 Å². The fourth-order valence-corrected chi connectivity index (χ4v) is 8.98. The van der Waals surface area contributed by atoms with Crippen LogP contribution in [0, 0.1) is 5.82 Å². The lowest BCUT2D eigenvalue weighted by Crippen LogP contribution is -2.47. The number of carbonyl (C=O) groups excluding carboxylic acids is 1. The van der Waals surface area contributed by atoms with E-state index in [1.54, 1.807) is 13.3 Å². The van der Waals surface area contributed by atoms with Crippen LogP contribution in [0.3, 0.4) is 0 Å². The van der Waals surface area contributed by atoms with Crippen molar-refractivity contribution >= 4 is 22.6 Å². The van der Waals surface area contributed by atoms with E-state index in [0.29, 0.717) is 36.6 Å². The molecule has 1 aliphatic carbocycles. The number of hydrogen-bond acceptors (Lipinski definition) is 6. The standard InChI is InChI=1S/C50H84FN3O4/c1-4-6-8-10-12-14-16-18-20-22-24-26-28-30-34-52-35-37-53(38-36-52)47-45(51)40-43-46(49(47)57-3)54(42-32-33-42)41-44(48(43)55)50(56)58-39-31-29-27-25-23-21-19-17-15-13-11-9-7-5-2/h40-42H,4-39H2,1-3H3. The number of fused-ring (bicyclic) bond motifs is 1. The summed E-state index contributed by atoms with van der Waals surface area (Å²) in [6, 6.07) is 1.48. The topological polar surface area (TPSA) is 64.0 Å². The van der Waals surface area contributed by atoms with Gasteiger partial charge in [-0.15, -0.1) is 0 Å². The highest BCUT2D eigenvalue weighted by Gasteiger charge is 2.32. The smallest absolute Gasteiger partial charge is 0.343 e. The number of piperazine rings is 1. The molecule has 2 aromatic rings. The number of nitrogens with zero attached hydrogens (tertiary/aromatic N) is 3. The van der Waals surface area contributed by atoms with Gasteiger partial charge >= 0.3 is 5.97 Å². The van der Waals surface area contributed by atoms with Crippen molar-refractivity contribution in [3.63, 3.8) is 0 Å². The van der Waals surface area contributed by atoms with E-state index in [9.17, 15) is 9.59 Å². The molecule has 2 aliphatic rings. The highest BCUT2D eigenvalue weighted by atomic mass is 19.1. The Morgan fingerprint density at radius 3 is 1.55 bits per heavy atom. The number of benzene rings is 1. The van der Waals surface area contributed by atoms with Gasteiger partial charge in [0.2, 0.25) is 5.43 Å². The van der Waals surface area contributed by atoms with Crippen LogP contribution in [0.2, 0.25) is 0 Å². The van der Waals surface area contributed by atoms with E-state index < -0.39 is 17.2 Å². The number of pyridine rings is 1. The third-order valence-electron chi connectivity index (χ3n) is 12.8. The number of anilines is 1. The lowest BCUT2D eigenvalue weighted by Gasteiger charge is -2.37. The summed E-state index contributed by atoms with van der Waals surface area (Å²) in [5, 5.41) is 0.187. The van der Waals surface area contributed by atoms with E-state index in [2.05, 4.69) is 23.6 Å². The summed E-state index contributed by atoms with van der Waals surface area (Å²) in [6.07, 6.45) is 40.3. The molecule has 0 bridgehead atoms. The number of aromatic nitrogens is 1. The van der Waals surface area contributed by atoms with Crippen LogP contribution in [-0.2, 0) is 4.74 Å². The van der Waals surface area contributed by atoms with E-state index in [4.69, 9.17) is 9.47 Å². The van der Waals surface area contributed by atoms with Crippen molar-refractivity contribution in [2.75, 3.05) is 51.3 Å². The van der Waals surface area contributed by atoms with E-state index >= 15 is 4.39 Å². The van der Waals surface area contributed by atoms with Crippen LogP contribution < -0.4 is 15.1 Å². The average molecular weight is 810 g/mol. The summed E-state index contributed by atoms with van der Waals surface area (Å²) in [6.45, 7) is 9.08. The fourth-order valence-electron chi connectivity index (χ4n) is 8.98. The maximum atomic E-state index is 16.1. The Hall–Kier alpha value is -2.61. The van der Waals surface area contributed by atoms with Gasteiger partial charge in [-0.2, -0.15) is 0 Å². The third-order valence-corrected chi connectivity index (χ3v) is 12.8. The molecule has 0 N–H and O–H groups in total. The second kappa shape index (κ2) is 28.8. The number of rotatable bonds is 34. The Balaban J connectivity index is 1.18. The van der Waals surface area contributed by atoms with Gasteiger partial charge in [-0.05, 0) is 38.3 Å². The minimum atomic E-state index is -0.616. The Bertz CT molecular complexity index is 1480. The van der Waals surface area contributed by atoms with Gasteiger partial charge in [-0.3, -0.25) is 9.69 Å². The first-order valence-electron chi connectivity index (χ1n) is 24.6. The minimum Gasteiger partial charge on any atom is -0.492 e. The predicted octanol–water partition coefficient (Wildman–Crippen LogP) is 13.7. The van der Waals surface area contributed by atoms with Gasteiger partial charge in [0.15, 0.2) is 11.6 Å². The number of hydrogen-bond donors (Lipinski definition) is 0. The largest absolute Gasteiger partial charge is 0.492 e. The number of ether oxygens (including phenoxy) is 2.